The van der Waals surface area contributed by atoms with Gasteiger partial charge in [-0.1, -0.05) is 12.1 Å². The number of rotatable bonds is 6. The lowest BCUT2D eigenvalue weighted by molar-refractivity contribution is 0.281. The number of aryl methyl sites for hydroxylation is 1. The van der Waals surface area contributed by atoms with Gasteiger partial charge >= 0.3 is 0 Å². The number of nitrogens with zero attached hydrogens (tertiary/aromatic N) is 1. The summed E-state index contributed by atoms with van der Waals surface area (Å²) in [6, 6.07) is 5.36. The molecule has 3 rings (SSSR count). The normalized spacial score (nSPS) is 19.6. The summed E-state index contributed by atoms with van der Waals surface area (Å²) in [4.78, 5) is 0.358. The van der Waals surface area contributed by atoms with Gasteiger partial charge in [0.1, 0.15) is 0 Å². The van der Waals surface area contributed by atoms with Crippen LogP contribution in [-0.2, 0) is 16.6 Å². The number of hydrogen-bond donors (Lipinski definition) is 1. The first-order chi connectivity index (χ1) is 9.52. The quantitative estimate of drug-likeness (QED) is 0.874. The molecule has 0 amide bonds. The summed E-state index contributed by atoms with van der Waals surface area (Å²) in [5.41, 5.74) is 1.40. The molecule has 5 heteroatoms. The van der Waals surface area contributed by atoms with Gasteiger partial charge in [0.05, 0.1) is 11.5 Å². The van der Waals surface area contributed by atoms with Crippen molar-refractivity contribution >= 4 is 10.0 Å². The number of aliphatic hydroxyl groups is 1. The van der Waals surface area contributed by atoms with Crippen LogP contribution in [0.3, 0.4) is 0 Å². The lowest BCUT2D eigenvalue weighted by atomic mass is 10.2. The van der Waals surface area contributed by atoms with Gasteiger partial charge in [0.25, 0.3) is 0 Å². The molecule has 4 nitrogen and oxygen atoms in total. The first-order valence-corrected chi connectivity index (χ1v) is 8.68. The van der Waals surface area contributed by atoms with Gasteiger partial charge in [-0.2, -0.15) is 4.31 Å². The number of benzene rings is 1. The van der Waals surface area contributed by atoms with Crippen LogP contribution in [0.4, 0.5) is 0 Å². The second-order valence-corrected chi connectivity index (χ2v) is 7.87. The molecule has 20 heavy (non-hydrogen) atoms. The SMILES string of the molecule is Cc1ccc(CO)cc1S(=O)(=O)N(CC1CC1)C1CC1. The van der Waals surface area contributed by atoms with Crippen molar-refractivity contribution in [3.8, 4) is 0 Å². The van der Waals surface area contributed by atoms with Gasteiger partial charge in [0.2, 0.25) is 10.0 Å². The maximum absolute atomic E-state index is 12.9. The van der Waals surface area contributed by atoms with Crippen molar-refractivity contribution in [3.05, 3.63) is 29.3 Å². The Balaban J connectivity index is 1.96. The van der Waals surface area contributed by atoms with Gasteiger partial charge < -0.3 is 5.11 Å². The van der Waals surface area contributed by atoms with E-state index in [4.69, 9.17) is 0 Å². The highest BCUT2D eigenvalue weighted by Crippen LogP contribution is 2.38. The van der Waals surface area contributed by atoms with Crippen LogP contribution in [0.5, 0.6) is 0 Å². The summed E-state index contributed by atoms with van der Waals surface area (Å²) < 4.78 is 27.5. The maximum Gasteiger partial charge on any atom is 0.243 e. The van der Waals surface area contributed by atoms with Crippen LogP contribution in [0.1, 0.15) is 36.8 Å². The van der Waals surface area contributed by atoms with Gasteiger partial charge in [0.15, 0.2) is 0 Å². The highest BCUT2D eigenvalue weighted by atomic mass is 32.2. The maximum atomic E-state index is 12.9. The lowest BCUT2D eigenvalue weighted by Crippen LogP contribution is -2.35. The highest BCUT2D eigenvalue weighted by Gasteiger charge is 2.41. The Bertz CT molecular complexity index is 604. The minimum atomic E-state index is -3.43. The standard InChI is InChI=1S/C15H21NO3S/c1-11-2-3-13(10-17)8-15(11)20(18,19)16(14-6-7-14)9-12-4-5-12/h2-3,8,12,14,17H,4-7,9-10H2,1H3. The highest BCUT2D eigenvalue weighted by molar-refractivity contribution is 7.89. The van der Waals surface area contributed by atoms with Crippen LogP contribution in [0.15, 0.2) is 23.1 Å². The van der Waals surface area contributed by atoms with E-state index in [1.165, 1.54) is 0 Å². The van der Waals surface area contributed by atoms with Crippen LogP contribution < -0.4 is 0 Å². The molecule has 1 aromatic carbocycles. The van der Waals surface area contributed by atoms with E-state index in [2.05, 4.69) is 0 Å². The first kappa shape index (κ1) is 14.0. The van der Waals surface area contributed by atoms with Crippen LogP contribution >= 0.6 is 0 Å². The molecular weight excluding hydrogens is 274 g/mol. The van der Waals surface area contributed by atoms with Crippen molar-refractivity contribution < 1.29 is 13.5 Å². The van der Waals surface area contributed by atoms with Crippen molar-refractivity contribution in [2.75, 3.05) is 6.54 Å². The zero-order valence-electron chi connectivity index (χ0n) is 11.7. The third-order valence-electron chi connectivity index (χ3n) is 4.11. The molecule has 2 aliphatic rings. The molecule has 0 saturated heterocycles. The fourth-order valence-electron chi connectivity index (χ4n) is 2.51. The van der Waals surface area contributed by atoms with Gasteiger partial charge in [-0.3, -0.25) is 0 Å². The van der Waals surface area contributed by atoms with Crippen molar-refractivity contribution in [2.24, 2.45) is 5.92 Å². The summed E-state index contributed by atoms with van der Waals surface area (Å²) in [5, 5.41) is 9.23. The van der Waals surface area contributed by atoms with Gasteiger partial charge in [-0.25, -0.2) is 8.42 Å². The fraction of sp³-hybridized carbons (Fsp3) is 0.600. The number of sulfonamides is 1. The minimum Gasteiger partial charge on any atom is -0.392 e. The van der Waals surface area contributed by atoms with Crippen molar-refractivity contribution in [2.45, 2.75) is 50.2 Å². The van der Waals surface area contributed by atoms with Crippen LogP contribution in [0, 0.1) is 12.8 Å². The Morgan fingerprint density at radius 1 is 1.25 bits per heavy atom. The summed E-state index contributed by atoms with van der Waals surface area (Å²) in [7, 11) is -3.43. The van der Waals surface area contributed by atoms with E-state index in [0.717, 1.165) is 31.2 Å². The molecular formula is C15H21NO3S. The average molecular weight is 295 g/mol. The first-order valence-electron chi connectivity index (χ1n) is 7.24. The third kappa shape index (κ3) is 2.75. The fourth-order valence-corrected chi connectivity index (χ4v) is 4.55. The molecule has 0 heterocycles. The molecule has 0 radical (unpaired) electrons. The molecule has 0 atom stereocenters. The molecule has 1 N–H and O–H groups in total. The predicted molar refractivity (Wildman–Crippen MR) is 76.7 cm³/mol. The van der Waals surface area contributed by atoms with E-state index in [0.29, 0.717) is 22.9 Å². The third-order valence-corrected chi connectivity index (χ3v) is 6.17. The van der Waals surface area contributed by atoms with Crippen molar-refractivity contribution in [1.82, 2.24) is 4.31 Å². The zero-order chi connectivity index (χ0) is 14.3. The Hall–Kier alpha value is -0.910. The Morgan fingerprint density at radius 2 is 1.95 bits per heavy atom. The van der Waals surface area contributed by atoms with E-state index in [-0.39, 0.29) is 12.6 Å². The average Bonchev–Trinajstić information content (AvgIpc) is 3.28. The molecule has 2 saturated carbocycles. The molecule has 110 valence electrons. The molecule has 0 spiro atoms. The minimum absolute atomic E-state index is 0.130. The van der Waals surface area contributed by atoms with E-state index >= 15 is 0 Å². The lowest BCUT2D eigenvalue weighted by Gasteiger charge is -2.23. The molecule has 0 aromatic heterocycles. The number of aliphatic hydroxyl groups excluding tert-OH is 1. The summed E-state index contributed by atoms with van der Waals surface area (Å²) in [6.45, 7) is 2.35. The summed E-state index contributed by atoms with van der Waals surface area (Å²) in [6.07, 6.45) is 4.25. The van der Waals surface area contributed by atoms with Crippen LogP contribution in [-0.4, -0.2) is 30.4 Å². The zero-order valence-corrected chi connectivity index (χ0v) is 12.6. The smallest absolute Gasteiger partial charge is 0.243 e. The van der Waals surface area contributed by atoms with E-state index < -0.39 is 10.0 Å². The second kappa shape index (κ2) is 5.13. The van der Waals surface area contributed by atoms with Gasteiger partial charge in [-0.05, 0) is 55.7 Å². The molecule has 0 unspecified atom stereocenters. The Kier molecular flexibility index (Phi) is 3.60. The summed E-state index contributed by atoms with van der Waals surface area (Å²) >= 11 is 0. The molecule has 0 bridgehead atoms. The van der Waals surface area contributed by atoms with Gasteiger partial charge in [0, 0.05) is 12.6 Å². The van der Waals surface area contributed by atoms with E-state index in [9.17, 15) is 13.5 Å². The van der Waals surface area contributed by atoms with Crippen LogP contribution in [0.25, 0.3) is 0 Å². The molecule has 2 aliphatic carbocycles. The molecule has 0 aliphatic heterocycles. The summed E-state index contributed by atoms with van der Waals surface area (Å²) in [5.74, 6) is 0.548. The van der Waals surface area contributed by atoms with Crippen molar-refractivity contribution in [1.29, 1.82) is 0 Å². The largest absolute Gasteiger partial charge is 0.392 e. The predicted octanol–water partition coefficient (Wildman–Crippen LogP) is 2.05. The molecule has 2 fully saturated rings. The monoisotopic (exact) mass is 295 g/mol. The Morgan fingerprint density at radius 3 is 2.50 bits per heavy atom. The second-order valence-electron chi connectivity index (χ2n) is 6.01. The van der Waals surface area contributed by atoms with E-state index in [1.807, 2.05) is 6.92 Å². The molecule has 1 aromatic rings. The van der Waals surface area contributed by atoms with E-state index in [1.54, 1.807) is 22.5 Å². The number of hydrogen-bond acceptors (Lipinski definition) is 3. The van der Waals surface area contributed by atoms with Crippen molar-refractivity contribution in [3.63, 3.8) is 0 Å². The van der Waals surface area contributed by atoms with Gasteiger partial charge in [-0.15, -0.1) is 0 Å². The Labute approximate surface area is 120 Å². The van der Waals surface area contributed by atoms with Crippen LogP contribution in [0.2, 0.25) is 0 Å². The topological polar surface area (TPSA) is 57.6 Å².